The Morgan fingerprint density at radius 2 is 2.00 bits per heavy atom. The highest BCUT2D eigenvalue weighted by Crippen LogP contribution is 2.18. The summed E-state index contributed by atoms with van der Waals surface area (Å²) in [5.41, 5.74) is 0. The topological polar surface area (TPSA) is 52.5 Å². The van der Waals surface area contributed by atoms with Gasteiger partial charge in [0.25, 0.3) is 0 Å². The highest BCUT2D eigenvalue weighted by molar-refractivity contribution is 5.13. The molecule has 0 aromatic carbocycles. The van der Waals surface area contributed by atoms with Crippen LogP contribution in [0.2, 0.25) is 0 Å². The Bertz CT molecular complexity index is 521. The lowest BCUT2D eigenvalue weighted by Crippen LogP contribution is -3.00. The van der Waals surface area contributed by atoms with Gasteiger partial charge in [0.1, 0.15) is 6.20 Å². The van der Waals surface area contributed by atoms with E-state index in [2.05, 4.69) is 13.2 Å². The first-order valence-corrected chi connectivity index (χ1v) is 6.59. The lowest BCUT2D eigenvalue weighted by atomic mass is 10.2. The van der Waals surface area contributed by atoms with Gasteiger partial charge in [-0.1, -0.05) is 17.8 Å². The largest absolute Gasteiger partial charge is 1.00 e. The molecule has 1 aliphatic heterocycles. The molecule has 0 saturated carbocycles. The van der Waals surface area contributed by atoms with Crippen LogP contribution in [0.5, 0.6) is 0 Å². The fraction of sp³-hybridized carbons (Fsp3) is 0.357. The third-order valence-electron chi connectivity index (χ3n) is 3.73. The Kier molecular flexibility index (Phi) is 8.87. The van der Waals surface area contributed by atoms with Crippen LogP contribution >= 0.6 is 0 Å². The van der Waals surface area contributed by atoms with Crippen molar-refractivity contribution >= 4 is 6.20 Å². The number of hydrogen-bond acceptors (Lipinski definition) is 3. The number of rotatable bonds is 7. The molecule has 0 amide bonds. The quantitative estimate of drug-likeness (QED) is 0.330. The van der Waals surface area contributed by atoms with Crippen molar-refractivity contribution < 1.29 is 48.9 Å². The minimum absolute atomic E-state index is 0. The molecule has 0 saturated heterocycles. The van der Waals surface area contributed by atoms with Gasteiger partial charge in [0.2, 0.25) is 0 Å². The van der Waals surface area contributed by atoms with Gasteiger partial charge in [-0.15, -0.1) is 4.59 Å². The molecule has 22 heavy (non-hydrogen) atoms. The number of nitrogens with zero attached hydrogens (tertiary/aromatic N) is 4. The van der Waals surface area contributed by atoms with Crippen molar-refractivity contribution in [2.75, 3.05) is 19.9 Å². The molecule has 2 unspecified atom stereocenters. The van der Waals surface area contributed by atoms with Gasteiger partial charge in [0.05, 0.1) is 19.0 Å². The molecular formula is C14H22Br2N4O2. The van der Waals surface area contributed by atoms with Crippen LogP contribution in [0.1, 0.15) is 6.42 Å². The van der Waals surface area contributed by atoms with Gasteiger partial charge in [0, 0.05) is 19.2 Å². The Labute approximate surface area is 152 Å². The van der Waals surface area contributed by atoms with Crippen LogP contribution in [0, 0.1) is 0 Å². The third kappa shape index (κ3) is 3.88. The predicted molar refractivity (Wildman–Crippen MR) is 77.2 cm³/mol. The second kappa shape index (κ2) is 9.26. The molecule has 1 aromatic rings. The van der Waals surface area contributed by atoms with Gasteiger partial charge in [-0.2, -0.15) is 0 Å². The van der Waals surface area contributed by atoms with Crippen LogP contribution in [-0.2, 0) is 0 Å². The zero-order valence-corrected chi connectivity index (χ0v) is 15.5. The summed E-state index contributed by atoms with van der Waals surface area (Å²) in [4.78, 5) is 1.96. The van der Waals surface area contributed by atoms with E-state index in [4.69, 9.17) is 0 Å². The Morgan fingerprint density at radius 3 is 2.45 bits per heavy atom. The van der Waals surface area contributed by atoms with Crippen LogP contribution in [0.3, 0.4) is 0 Å². The van der Waals surface area contributed by atoms with Crippen LogP contribution in [-0.4, -0.2) is 45.6 Å². The SMILES string of the molecule is C=CN1C=C[N+](C(CO)CCO)([n+]2ccn(C=C)c2)C1.[Br-].[Br-]. The van der Waals surface area contributed by atoms with Crippen molar-refractivity contribution in [1.82, 2.24) is 14.1 Å². The Morgan fingerprint density at radius 1 is 1.27 bits per heavy atom. The smallest absolute Gasteiger partial charge is 0.300 e. The first kappa shape index (κ1) is 21.1. The average Bonchev–Trinajstić information content (AvgIpc) is 3.11. The molecule has 6 nitrogen and oxygen atoms in total. The first-order chi connectivity index (χ1) is 9.70. The number of aliphatic hydroxyl groups excluding tert-OH is 2. The highest BCUT2D eigenvalue weighted by atomic mass is 79.9. The fourth-order valence-electron chi connectivity index (χ4n) is 2.54. The average molecular weight is 438 g/mol. The van der Waals surface area contributed by atoms with Crippen molar-refractivity contribution in [2.24, 2.45) is 0 Å². The molecular weight excluding hydrogens is 416 g/mol. The fourth-order valence-corrected chi connectivity index (χ4v) is 2.54. The number of halogens is 2. The van der Waals surface area contributed by atoms with Crippen LogP contribution in [0.25, 0.3) is 6.20 Å². The van der Waals surface area contributed by atoms with Crippen LogP contribution in [0.15, 0.2) is 50.5 Å². The number of imidazole rings is 1. The molecule has 8 heteroatoms. The molecule has 2 atom stereocenters. The maximum atomic E-state index is 9.72. The van der Waals surface area contributed by atoms with Gasteiger partial charge in [0.15, 0.2) is 25.1 Å². The van der Waals surface area contributed by atoms with Crippen molar-refractivity contribution in [3.8, 4) is 0 Å². The molecule has 1 aliphatic rings. The monoisotopic (exact) mass is 436 g/mol. The lowest BCUT2D eigenvalue weighted by Gasteiger charge is -2.33. The maximum absolute atomic E-state index is 9.72. The number of quaternary nitrogens is 1. The molecule has 0 aliphatic carbocycles. The zero-order valence-electron chi connectivity index (χ0n) is 12.3. The van der Waals surface area contributed by atoms with Crippen molar-refractivity contribution in [3.05, 3.63) is 50.5 Å². The predicted octanol–water partition coefficient (Wildman–Crippen LogP) is -6.05. The number of hydrogen-bond donors (Lipinski definition) is 2. The molecule has 124 valence electrons. The zero-order chi connectivity index (χ0) is 14.6. The molecule has 0 radical (unpaired) electrons. The molecule has 2 heterocycles. The Hall–Kier alpha value is -0.930. The summed E-state index contributed by atoms with van der Waals surface area (Å²) in [5.74, 6) is 0. The van der Waals surface area contributed by atoms with E-state index in [1.807, 2.05) is 45.3 Å². The molecule has 0 spiro atoms. The van der Waals surface area contributed by atoms with Gasteiger partial charge < -0.3 is 44.2 Å². The number of aromatic nitrogens is 2. The van der Waals surface area contributed by atoms with Gasteiger partial charge in [-0.25, -0.2) is 4.57 Å². The summed E-state index contributed by atoms with van der Waals surface area (Å²) in [7, 11) is 0. The minimum Gasteiger partial charge on any atom is -1.00 e. The van der Waals surface area contributed by atoms with E-state index in [-0.39, 0.29) is 53.2 Å². The summed E-state index contributed by atoms with van der Waals surface area (Å²) in [6.45, 7) is 8.16. The normalized spacial score (nSPS) is 20.9. The van der Waals surface area contributed by atoms with E-state index >= 15 is 0 Å². The van der Waals surface area contributed by atoms with E-state index in [1.54, 1.807) is 12.4 Å². The second-order valence-electron chi connectivity index (χ2n) is 4.80. The van der Waals surface area contributed by atoms with Crippen LogP contribution < -0.4 is 43.2 Å². The standard InChI is InChI=1S/C14H22N4O2.2BrH/c1-3-15-6-7-17(12-15)18(14(11-20)5-10-19)9-8-16(4-2)13-18;;/h3-4,6-9,12,14,19-20H,1-2,5,10-11,13H2;2*1H/q+2;;/p-2. The first-order valence-electron chi connectivity index (χ1n) is 6.59. The van der Waals surface area contributed by atoms with Gasteiger partial charge in [-0.3, -0.25) is 4.90 Å². The summed E-state index contributed by atoms with van der Waals surface area (Å²) in [6, 6.07) is -0.133. The molecule has 0 bridgehead atoms. The molecule has 0 fully saturated rings. The van der Waals surface area contributed by atoms with Gasteiger partial charge >= 0.3 is 6.33 Å². The van der Waals surface area contributed by atoms with E-state index in [9.17, 15) is 10.2 Å². The van der Waals surface area contributed by atoms with Crippen molar-refractivity contribution in [3.63, 3.8) is 0 Å². The molecule has 2 N–H and O–H groups in total. The van der Waals surface area contributed by atoms with Crippen molar-refractivity contribution in [1.29, 1.82) is 0 Å². The summed E-state index contributed by atoms with van der Waals surface area (Å²) in [5, 5.41) is 19.0. The van der Waals surface area contributed by atoms with Gasteiger partial charge in [-0.05, 0) is 0 Å². The maximum Gasteiger partial charge on any atom is 0.300 e. The number of aliphatic hydroxyl groups is 2. The van der Waals surface area contributed by atoms with Crippen LogP contribution in [0.4, 0.5) is 0 Å². The summed E-state index contributed by atoms with van der Waals surface area (Å²) in [6.07, 6.45) is 13.6. The minimum atomic E-state index is -0.133. The van der Waals surface area contributed by atoms with Crippen molar-refractivity contribution in [2.45, 2.75) is 12.5 Å². The molecule has 2 rings (SSSR count). The lowest BCUT2D eigenvalue weighted by molar-refractivity contribution is -0.818. The third-order valence-corrected chi connectivity index (χ3v) is 3.73. The Balaban J connectivity index is 0.00000220. The molecule has 1 aromatic heterocycles. The van der Waals surface area contributed by atoms with E-state index in [0.29, 0.717) is 17.7 Å². The van der Waals surface area contributed by atoms with E-state index < -0.39 is 0 Å². The highest BCUT2D eigenvalue weighted by Gasteiger charge is 2.45. The summed E-state index contributed by atoms with van der Waals surface area (Å²) >= 11 is 0. The van der Waals surface area contributed by atoms with E-state index in [1.165, 1.54) is 0 Å². The summed E-state index contributed by atoms with van der Waals surface area (Å²) < 4.78 is 4.24. The second-order valence-corrected chi connectivity index (χ2v) is 4.80. The van der Waals surface area contributed by atoms with E-state index in [0.717, 1.165) is 0 Å².